The van der Waals surface area contributed by atoms with E-state index in [-0.39, 0.29) is 23.7 Å². The lowest BCUT2D eigenvalue weighted by molar-refractivity contribution is 0.345. The molecule has 1 aliphatic rings. The summed E-state index contributed by atoms with van der Waals surface area (Å²) in [7, 11) is -5.19. The molecular weight excluding hydrogens is 350 g/mol. The lowest BCUT2D eigenvalue weighted by Gasteiger charge is -2.31. The van der Waals surface area contributed by atoms with Crippen LogP contribution in [0.5, 0.6) is 5.75 Å². The zero-order valence-corrected chi connectivity index (χ0v) is 15.8. The van der Waals surface area contributed by atoms with Gasteiger partial charge in [0.15, 0.2) is 9.84 Å². The molecular formula is C16H25NO5S2. The van der Waals surface area contributed by atoms with E-state index >= 15 is 0 Å². The number of unbranched alkanes of at least 4 members (excludes halogenated alkanes) is 1. The number of hydrogen-bond donors (Lipinski definition) is 0. The van der Waals surface area contributed by atoms with Crippen molar-refractivity contribution in [1.29, 1.82) is 0 Å². The summed E-state index contributed by atoms with van der Waals surface area (Å²) in [6.07, 6.45) is 2.12. The number of ether oxygens (including phenoxy) is 1. The van der Waals surface area contributed by atoms with Crippen LogP contribution in [0.3, 0.4) is 0 Å². The number of piperidine rings is 1. The van der Waals surface area contributed by atoms with Gasteiger partial charge in [-0.25, -0.2) is 21.1 Å². The van der Waals surface area contributed by atoms with Crippen LogP contribution in [0, 0.1) is 0 Å². The highest BCUT2D eigenvalue weighted by molar-refractivity contribution is 7.92. The quantitative estimate of drug-likeness (QED) is 0.729. The van der Waals surface area contributed by atoms with Crippen molar-refractivity contribution in [3.05, 3.63) is 24.3 Å². The van der Waals surface area contributed by atoms with Gasteiger partial charge in [0.05, 0.1) is 23.0 Å². The van der Waals surface area contributed by atoms with Gasteiger partial charge < -0.3 is 4.74 Å². The van der Waals surface area contributed by atoms with Crippen molar-refractivity contribution >= 4 is 19.9 Å². The highest BCUT2D eigenvalue weighted by Crippen LogP contribution is 2.27. The van der Waals surface area contributed by atoms with Crippen molar-refractivity contribution < 1.29 is 21.6 Å². The molecule has 0 saturated carbocycles. The number of rotatable bonds is 7. The summed E-state index contributed by atoms with van der Waals surface area (Å²) in [5.41, 5.74) is 0. The number of sulfonamides is 1. The van der Waals surface area contributed by atoms with Crippen molar-refractivity contribution in [2.75, 3.05) is 26.0 Å². The van der Waals surface area contributed by atoms with Gasteiger partial charge in [0.2, 0.25) is 10.0 Å². The minimum absolute atomic E-state index is 0.138. The molecule has 0 spiro atoms. The van der Waals surface area contributed by atoms with Gasteiger partial charge in [0.1, 0.15) is 5.75 Å². The summed E-state index contributed by atoms with van der Waals surface area (Å²) in [6, 6.07) is 6.32. The lowest BCUT2D eigenvalue weighted by Crippen LogP contribution is -2.43. The molecule has 1 aromatic carbocycles. The molecule has 1 aliphatic heterocycles. The summed E-state index contributed by atoms with van der Waals surface area (Å²) in [5, 5.41) is -0.538. The predicted molar refractivity (Wildman–Crippen MR) is 93.5 cm³/mol. The van der Waals surface area contributed by atoms with Crippen LogP contribution in [-0.4, -0.2) is 52.3 Å². The van der Waals surface area contributed by atoms with E-state index in [1.54, 1.807) is 24.3 Å². The van der Waals surface area contributed by atoms with Gasteiger partial charge >= 0.3 is 0 Å². The van der Waals surface area contributed by atoms with Crippen molar-refractivity contribution in [3.8, 4) is 5.75 Å². The first-order valence-electron chi connectivity index (χ1n) is 8.17. The highest BCUT2D eigenvalue weighted by atomic mass is 32.2. The van der Waals surface area contributed by atoms with E-state index < -0.39 is 25.1 Å². The van der Waals surface area contributed by atoms with Crippen molar-refractivity contribution in [1.82, 2.24) is 4.31 Å². The molecule has 8 heteroatoms. The maximum Gasteiger partial charge on any atom is 0.214 e. The van der Waals surface area contributed by atoms with E-state index in [4.69, 9.17) is 4.74 Å². The number of sulfone groups is 1. The van der Waals surface area contributed by atoms with Crippen molar-refractivity contribution in [3.63, 3.8) is 0 Å². The Bertz CT molecular complexity index is 733. The van der Waals surface area contributed by atoms with Gasteiger partial charge in [-0.3, -0.25) is 0 Å². The van der Waals surface area contributed by atoms with Gasteiger partial charge in [-0.05, 0) is 43.5 Å². The second-order valence-electron chi connectivity index (χ2n) is 5.99. The third-order valence-electron chi connectivity index (χ3n) is 4.38. The maximum atomic E-state index is 12.7. The Labute approximate surface area is 144 Å². The third kappa shape index (κ3) is 4.29. The Balaban J connectivity index is 2.05. The van der Waals surface area contributed by atoms with Crippen molar-refractivity contribution in [2.45, 2.75) is 42.8 Å². The molecule has 1 heterocycles. The Kier molecular flexibility index (Phi) is 6.28. The van der Waals surface area contributed by atoms with Crippen LogP contribution in [0.25, 0.3) is 0 Å². The first kappa shape index (κ1) is 19.2. The second kappa shape index (κ2) is 7.84. The largest absolute Gasteiger partial charge is 0.497 e. The van der Waals surface area contributed by atoms with Gasteiger partial charge in [0.25, 0.3) is 0 Å². The first-order valence-corrected chi connectivity index (χ1v) is 11.3. The number of methoxy groups -OCH3 is 1. The van der Waals surface area contributed by atoms with Crippen LogP contribution in [-0.2, 0) is 19.9 Å². The Morgan fingerprint density at radius 2 is 1.67 bits per heavy atom. The summed E-state index contributed by atoms with van der Waals surface area (Å²) < 4.78 is 56.3. The Morgan fingerprint density at radius 3 is 2.17 bits per heavy atom. The maximum absolute atomic E-state index is 12.7. The molecule has 0 N–H and O–H groups in total. The molecule has 0 atom stereocenters. The molecule has 2 rings (SSSR count). The molecule has 24 heavy (non-hydrogen) atoms. The number of benzene rings is 1. The third-order valence-corrected chi connectivity index (χ3v) is 8.61. The van der Waals surface area contributed by atoms with Crippen LogP contribution in [0.1, 0.15) is 32.6 Å². The molecule has 1 aromatic rings. The Hall–Kier alpha value is -1.12. The smallest absolute Gasteiger partial charge is 0.214 e. The molecule has 0 bridgehead atoms. The average Bonchev–Trinajstić information content (AvgIpc) is 2.60. The molecule has 0 aliphatic carbocycles. The average molecular weight is 376 g/mol. The zero-order valence-electron chi connectivity index (χ0n) is 14.1. The monoisotopic (exact) mass is 375 g/mol. The van der Waals surface area contributed by atoms with Gasteiger partial charge in [0, 0.05) is 13.1 Å². The fraction of sp³-hybridized carbons (Fsp3) is 0.625. The highest BCUT2D eigenvalue weighted by Gasteiger charge is 2.34. The summed E-state index contributed by atoms with van der Waals surface area (Å²) >= 11 is 0. The first-order chi connectivity index (χ1) is 11.3. The van der Waals surface area contributed by atoms with Crippen LogP contribution < -0.4 is 4.74 Å². The van der Waals surface area contributed by atoms with E-state index in [1.165, 1.54) is 11.4 Å². The fourth-order valence-electron chi connectivity index (χ4n) is 2.83. The summed E-state index contributed by atoms with van der Waals surface area (Å²) in [6.45, 7) is 2.49. The molecule has 0 aromatic heterocycles. The molecule has 1 saturated heterocycles. The normalized spacial score (nSPS) is 17.8. The molecule has 0 radical (unpaired) electrons. The van der Waals surface area contributed by atoms with E-state index in [0.29, 0.717) is 25.0 Å². The van der Waals surface area contributed by atoms with E-state index in [2.05, 4.69) is 0 Å². The van der Waals surface area contributed by atoms with Gasteiger partial charge in [-0.1, -0.05) is 13.3 Å². The van der Waals surface area contributed by atoms with E-state index in [0.717, 1.165) is 6.42 Å². The summed E-state index contributed by atoms with van der Waals surface area (Å²) in [4.78, 5) is 0.260. The fourth-order valence-corrected chi connectivity index (χ4v) is 6.24. The summed E-state index contributed by atoms with van der Waals surface area (Å²) in [5.74, 6) is 0.741. The number of hydrogen-bond acceptors (Lipinski definition) is 5. The van der Waals surface area contributed by atoms with E-state index in [9.17, 15) is 16.8 Å². The molecule has 136 valence electrons. The van der Waals surface area contributed by atoms with Crippen LogP contribution in [0.15, 0.2) is 29.2 Å². The van der Waals surface area contributed by atoms with Gasteiger partial charge in [-0.15, -0.1) is 0 Å². The molecule has 0 amide bonds. The topological polar surface area (TPSA) is 80.8 Å². The predicted octanol–water partition coefficient (Wildman–Crippen LogP) is 2.06. The minimum atomic E-state index is -3.45. The van der Waals surface area contributed by atoms with E-state index in [1.807, 2.05) is 6.92 Å². The van der Waals surface area contributed by atoms with Crippen LogP contribution in [0.4, 0.5) is 0 Å². The second-order valence-corrected chi connectivity index (χ2v) is 10.3. The van der Waals surface area contributed by atoms with Gasteiger partial charge in [-0.2, -0.15) is 0 Å². The SMILES string of the molecule is CCCCS(=O)(=O)N1CCC(S(=O)(=O)c2ccc(OC)cc2)CC1. The molecule has 1 fully saturated rings. The van der Waals surface area contributed by atoms with Crippen LogP contribution in [0.2, 0.25) is 0 Å². The zero-order chi connectivity index (χ0) is 17.8. The lowest BCUT2D eigenvalue weighted by atomic mass is 10.2. The Morgan fingerprint density at radius 1 is 1.08 bits per heavy atom. The molecule has 6 nitrogen and oxygen atoms in total. The standard InChI is InChI=1S/C16H25NO5S2/c1-3-4-13-23(18,19)17-11-9-16(10-12-17)24(20,21)15-7-5-14(22-2)6-8-15/h5-8,16H,3-4,9-13H2,1-2H3. The number of nitrogens with zero attached hydrogens (tertiary/aromatic N) is 1. The molecule has 0 unspecified atom stereocenters. The van der Waals surface area contributed by atoms with Crippen molar-refractivity contribution in [2.24, 2.45) is 0 Å². The minimum Gasteiger partial charge on any atom is -0.497 e. The van der Waals surface area contributed by atoms with Crippen LogP contribution >= 0.6 is 0 Å².